The van der Waals surface area contributed by atoms with E-state index >= 15 is 0 Å². The van der Waals surface area contributed by atoms with Crippen LogP contribution >= 0.6 is 11.6 Å². The van der Waals surface area contributed by atoms with Gasteiger partial charge in [-0.05, 0) is 17.2 Å². The van der Waals surface area contributed by atoms with Crippen LogP contribution in [-0.4, -0.2) is 4.98 Å². The lowest BCUT2D eigenvalue weighted by molar-refractivity contribution is 1.43. The van der Waals surface area contributed by atoms with Gasteiger partial charge in [-0.25, -0.2) is 4.98 Å². The molecule has 1 heterocycles. The zero-order valence-electron chi connectivity index (χ0n) is 14.6. The molecule has 0 fully saturated rings. The lowest BCUT2D eigenvalue weighted by Gasteiger charge is -2.14. The summed E-state index contributed by atoms with van der Waals surface area (Å²) in [6, 6.07) is 33.2. The quantitative estimate of drug-likeness (QED) is 0.297. The van der Waals surface area contributed by atoms with Gasteiger partial charge in [0.15, 0.2) is 0 Å². The fourth-order valence-electron chi connectivity index (χ4n) is 3.72. The summed E-state index contributed by atoms with van der Waals surface area (Å²) in [5.74, 6) is 0. The van der Waals surface area contributed by atoms with E-state index in [0.717, 1.165) is 27.5 Å². The molecule has 0 aliphatic rings. The number of hydrogen-bond donors (Lipinski definition) is 0. The van der Waals surface area contributed by atoms with Crippen LogP contribution in [0.2, 0.25) is 5.02 Å². The smallest absolute Gasteiger partial charge is 0.0902 e. The van der Waals surface area contributed by atoms with Crippen LogP contribution in [0, 0.1) is 0 Å². The number of rotatable bonds is 2. The molecule has 0 saturated carbocycles. The summed E-state index contributed by atoms with van der Waals surface area (Å²) < 4.78 is 0. The maximum Gasteiger partial charge on any atom is 0.0902 e. The zero-order valence-corrected chi connectivity index (χ0v) is 15.3. The fourth-order valence-corrected chi connectivity index (χ4v) is 3.93. The standard InChI is InChI=1S/C25H16ClN/c26-22-16-8-15-21-23-19(17-9-3-1-4-10-17)13-7-14-20(23)24(27-25(21)22)18-11-5-2-6-12-18/h1-16H. The lowest BCUT2D eigenvalue weighted by Crippen LogP contribution is -1.92. The number of aromatic nitrogens is 1. The molecule has 0 amide bonds. The Morgan fingerprint density at radius 1 is 0.556 bits per heavy atom. The molecule has 0 atom stereocenters. The molecular weight excluding hydrogens is 350 g/mol. The Bertz CT molecular complexity index is 1260. The van der Waals surface area contributed by atoms with E-state index in [1.807, 2.05) is 36.4 Å². The molecule has 128 valence electrons. The fraction of sp³-hybridized carbons (Fsp3) is 0. The molecule has 0 aliphatic carbocycles. The average Bonchev–Trinajstić information content (AvgIpc) is 2.74. The molecule has 1 nitrogen and oxygen atoms in total. The van der Waals surface area contributed by atoms with Gasteiger partial charge >= 0.3 is 0 Å². The van der Waals surface area contributed by atoms with E-state index in [1.54, 1.807) is 0 Å². The van der Waals surface area contributed by atoms with Crippen LogP contribution in [0.4, 0.5) is 0 Å². The predicted octanol–water partition coefficient (Wildman–Crippen LogP) is 7.38. The van der Waals surface area contributed by atoms with Crippen molar-refractivity contribution >= 4 is 33.3 Å². The van der Waals surface area contributed by atoms with Gasteiger partial charge in [0.1, 0.15) is 0 Å². The van der Waals surface area contributed by atoms with Crippen molar-refractivity contribution in [2.24, 2.45) is 0 Å². The first-order valence-electron chi connectivity index (χ1n) is 8.95. The van der Waals surface area contributed by atoms with Crippen molar-refractivity contribution in [1.29, 1.82) is 0 Å². The Balaban J connectivity index is 1.99. The molecule has 0 unspecified atom stereocenters. The molecule has 2 heteroatoms. The van der Waals surface area contributed by atoms with E-state index in [9.17, 15) is 0 Å². The number of hydrogen-bond acceptors (Lipinski definition) is 1. The van der Waals surface area contributed by atoms with Crippen LogP contribution < -0.4 is 0 Å². The molecule has 4 aromatic carbocycles. The third-order valence-electron chi connectivity index (χ3n) is 4.93. The van der Waals surface area contributed by atoms with Gasteiger partial charge in [-0.2, -0.15) is 0 Å². The van der Waals surface area contributed by atoms with Gasteiger partial charge in [0.25, 0.3) is 0 Å². The Kier molecular flexibility index (Phi) is 3.88. The molecule has 0 saturated heterocycles. The molecule has 0 spiro atoms. The summed E-state index contributed by atoms with van der Waals surface area (Å²) in [7, 11) is 0. The second-order valence-corrected chi connectivity index (χ2v) is 6.96. The summed E-state index contributed by atoms with van der Waals surface area (Å²) in [4.78, 5) is 4.98. The summed E-state index contributed by atoms with van der Waals surface area (Å²) in [5, 5.41) is 4.08. The van der Waals surface area contributed by atoms with E-state index in [4.69, 9.17) is 16.6 Å². The van der Waals surface area contributed by atoms with Crippen LogP contribution in [0.3, 0.4) is 0 Å². The molecule has 0 radical (unpaired) electrons. The molecule has 5 aromatic rings. The van der Waals surface area contributed by atoms with Gasteiger partial charge in [0, 0.05) is 21.7 Å². The summed E-state index contributed by atoms with van der Waals surface area (Å²) in [6.07, 6.45) is 0. The molecule has 27 heavy (non-hydrogen) atoms. The van der Waals surface area contributed by atoms with Gasteiger partial charge in [-0.3, -0.25) is 0 Å². The zero-order chi connectivity index (χ0) is 18.2. The van der Waals surface area contributed by atoms with Gasteiger partial charge in [-0.15, -0.1) is 0 Å². The Labute approximate surface area is 162 Å². The molecule has 0 aliphatic heterocycles. The number of halogens is 1. The van der Waals surface area contributed by atoms with Crippen LogP contribution in [0.5, 0.6) is 0 Å². The molecule has 1 aromatic heterocycles. The first-order chi connectivity index (χ1) is 13.3. The summed E-state index contributed by atoms with van der Waals surface area (Å²) >= 11 is 6.55. The third-order valence-corrected chi connectivity index (χ3v) is 5.24. The summed E-state index contributed by atoms with van der Waals surface area (Å²) in [5.41, 5.74) is 5.28. The molecule has 0 bridgehead atoms. The maximum absolute atomic E-state index is 6.55. The number of pyridine rings is 1. The van der Waals surface area contributed by atoms with E-state index in [1.165, 1.54) is 16.5 Å². The SMILES string of the molecule is Clc1cccc2c1nc(-c1ccccc1)c1cccc(-c3ccccc3)c12. The monoisotopic (exact) mass is 365 g/mol. The lowest BCUT2D eigenvalue weighted by atomic mass is 9.93. The largest absolute Gasteiger partial charge is 0.246 e. The van der Waals surface area contributed by atoms with Crippen LogP contribution in [0.25, 0.3) is 44.1 Å². The van der Waals surface area contributed by atoms with Gasteiger partial charge in [0.2, 0.25) is 0 Å². The van der Waals surface area contributed by atoms with Crippen LogP contribution in [0.1, 0.15) is 0 Å². The number of nitrogens with zero attached hydrogens (tertiary/aromatic N) is 1. The van der Waals surface area contributed by atoms with Crippen molar-refractivity contribution < 1.29 is 0 Å². The van der Waals surface area contributed by atoms with E-state index in [2.05, 4.69) is 60.7 Å². The topological polar surface area (TPSA) is 12.9 Å². The minimum atomic E-state index is 0.675. The van der Waals surface area contributed by atoms with Crippen molar-refractivity contribution in [3.63, 3.8) is 0 Å². The number of fused-ring (bicyclic) bond motifs is 3. The highest BCUT2D eigenvalue weighted by Gasteiger charge is 2.15. The second kappa shape index (κ2) is 6.53. The molecule has 0 N–H and O–H groups in total. The van der Waals surface area contributed by atoms with Gasteiger partial charge in [-0.1, -0.05) is 103 Å². The van der Waals surface area contributed by atoms with E-state index in [-0.39, 0.29) is 0 Å². The first kappa shape index (κ1) is 16.0. The number of para-hydroxylation sites is 1. The highest BCUT2D eigenvalue weighted by atomic mass is 35.5. The predicted molar refractivity (Wildman–Crippen MR) is 115 cm³/mol. The van der Waals surface area contributed by atoms with Crippen molar-refractivity contribution in [2.75, 3.05) is 0 Å². The van der Waals surface area contributed by atoms with E-state index < -0.39 is 0 Å². The van der Waals surface area contributed by atoms with E-state index in [0.29, 0.717) is 5.02 Å². The minimum absolute atomic E-state index is 0.675. The highest BCUT2D eigenvalue weighted by Crippen LogP contribution is 2.39. The highest BCUT2D eigenvalue weighted by molar-refractivity contribution is 6.36. The minimum Gasteiger partial charge on any atom is -0.246 e. The third kappa shape index (κ3) is 2.68. The number of benzene rings is 4. The second-order valence-electron chi connectivity index (χ2n) is 6.56. The first-order valence-corrected chi connectivity index (χ1v) is 9.32. The summed E-state index contributed by atoms with van der Waals surface area (Å²) in [6.45, 7) is 0. The van der Waals surface area contributed by atoms with Crippen molar-refractivity contribution in [1.82, 2.24) is 4.98 Å². The Hall–Kier alpha value is -3.16. The van der Waals surface area contributed by atoms with Gasteiger partial charge < -0.3 is 0 Å². The van der Waals surface area contributed by atoms with Crippen LogP contribution in [-0.2, 0) is 0 Å². The molecular formula is C25H16ClN. The Morgan fingerprint density at radius 2 is 1.19 bits per heavy atom. The van der Waals surface area contributed by atoms with Crippen molar-refractivity contribution in [3.8, 4) is 22.4 Å². The van der Waals surface area contributed by atoms with Crippen molar-refractivity contribution in [2.45, 2.75) is 0 Å². The maximum atomic E-state index is 6.55. The molecule has 5 rings (SSSR count). The Morgan fingerprint density at radius 3 is 1.93 bits per heavy atom. The van der Waals surface area contributed by atoms with Crippen LogP contribution in [0.15, 0.2) is 97.1 Å². The average molecular weight is 366 g/mol. The van der Waals surface area contributed by atoms with Gasteiger partial charge in [0.05, 0.1) is 16.2 Å². The normalized spacial score (nSPS) is 11.1. The van der Waals surface area contributed by atoms with Crippen molar-refractivity contribution in [3.05, 3.63) is 102 Å².